The molecule has 0 unspecified atom stereocenters. The minimum atomic E-state index is -0.434. The highest BCUT2D eigenvalue weighted by Crippen LogP contribution is 2.38. The summed E-state index contributed by atoms with van der Waals surface area (Å²) in [7, 11) is 0. The molecule has 0 spiro atoms. The van der Waals surface area contributed by atoms with Gasteiger partial charge in [0.25, 0.3) is 0 Å². The number of nitrogens with one attached hydrogen (secondary N) is 1. The number of benzene rings is 1. The van der Waals surface area contributed by atoms with E-state index < -0.39 is 4.92 Å². The van der Waals surface area contributed by atoms with Crippen molar-refractivity contribution in [1.29, 1.82) is 0 Å². The maximum Gasteiger partial charge on any atom is 0.315 e. The van der Waals surface area contributed by atoms with Crippen molar-refractivity contribution in [2.24, 2.45) is 0 Å². The molecule has 6 nitrogen and oxygen atoms in total. The van der Waals surface area contributed by atoms with Crippen LogP contribution in [0.25, 0.3) is 0 Å². The Morgan fingerprint density at radius 2 is 1.90 bits per heavy atom. The lowest BCUT2D eigenvalue weighted by molar-refractivity contribution is -0.386. The summed E-state index contributed by atoms with van der Waals surface area (Å²) in [5.41, 5.74) is 0.767. The molecule has 0 atom stereocenters. The van der Waals surface area contributed by atoms with Crippen molar-refractivity contribution >= 4 is 5.69 Å². The zero-order valence-corrected chi connectivity index (χ0v) is 12.3. The molecule has 1 aromatic rings. The summed E-state index contributed by atoms with van der Waals surface area (Å²) in [4.78, 5) is 10.8. The van der Waals surface area contributed by atoms with Gasteiger partial charge in [-0.3, -0.25) is 10.1 Å². The minimum Gasteiger partial charge on any atom is -0.490 e. The van der Waals surface area contributed by atoms with Crippen molar-refractivity contribution in [3.05, 3.63) is 27.8 Å². The van der Waals surface area contributed by atoms with Gasteiger partial charge in [0.15, 0.2) is 5.75 Å². The molecule has 20 heavy (non-hydrogen) atoms. The fourth-order valence-corrected chi connectivity index (χ4v) is 1.84. The van der Waals surface area contributed by atoms with Gasteiger partial charge in [0, 0.05) is 12.6 Å². The zero-order valence-electron chi connectivity index (χ0n) is 12.3. The van der Waals surface area contributed by atoms with Gasteiger partial charge in [-0.15, -0.1) is 0 Å². The Balaban J connectivity index is 3.12. The molecule has 0 fully saturated rings. The summed E-state index contributed by atoms with van der Waals surface area (Å²) in [6, 6.07) is 3.33. The van der Waals surface area contributed by atoms with Crippen molar-refractivity contribution in [3.63, 3.8) is 0 Å². The first kappa shape index (κ1) is 16.2. The van der Waals surface area contributed by atoms with Crippen LogP contribution in [-0.2, 0) is 6.54 Å². The molecule has 1 N–H and O–H groups in total. The van der Waals surface area contributed by atoms with Crippen LogP contribution < -0.4 is 14.8 Å². The van der Waals surface area contributed by atoms with E-state index in [0.717, 1.165) is 18.5 Å². The lowest BCUT2D eigenvalue weighted by atomic mass is 10.1. The molecule has 0 aliphatic heterocycles. The van der Waals surface area contributed by atoms with E-state index in [1.54, 1.807) is 13.0 Å². The van der Waals surface area contributed by atoms with Gasteiger partial charge in [-0.1, -0.05) is 6.92 Å². The highest BCUT2D eigenvalue weighted by Gasteiger charge is 2.22. The average Bonchev–Trinajstić information content (AvgIpc) is 2.41. The van der Waals surface area contributed by atoms with E-state index in [1.165, 1.54) is 6.07 Å². The van der Waals surface area contributed by atoms with Crippen molar-refractivity contribution in [2.45, 2.75) is 33.7 Å². The second-order valence-electron chi connectivity index (χ2n) is 4.24. The van der Waals surface area contributed by atoms with Gasteiger partial charge in [0.05, 0.1) is 18.1 Å². The van der Waals surface area contributed by atoms with Crippen LogP contribution in [0.15, 0.2) is 12.1 Å². The van der Waals surface area contributed by atoms with E-state index in [-0.39, 0.29) is 11.4 Å². The molecule has 0 aliphatic carbocycles. The van der Waals surface area contributed by atoms with Gasteiger partial charge >= 0.3 is 5.69 Å². The van der Waals surface area contributed by atoms with Crippen molar-refractivity contribution < 1.29 is 14.4 Å². The molecule has 1 rings (SSSR count). The molecule has 1 aromatic carbocycles. The Morgan fingerprint density at radius 1 is 1.20 bits per heavy atom. The Morgan fingerprint density at radius 3 is 2.45 bits per heavy atom. The number of rotatable bonds is 9. The highest BCUT2D eigenvalue weighted by atomic mass is 16.6. The van der Waals surface area contributed by atoms with Crippen LogP contribution in [0.5, 0.6) is 11.5 Å². The van der Waals surface area contributed by atoms with Gasteiger partial charge in [-0.25, -0.2) is 0 Å². The molecule has 0 aliphatic rings. The first-order valence-corrected chi connectivity index (χ1v) is 6.91. The zero-order chi connectivity index (χ0) is 15.0. The summed E-state index contributed by atoms with van der Waals surface area (Å²) in [6.45, 7) is 7.92. The molecule has 0 heterocycles. The van der Waals surface area contributed by atoms with E-state index in [0.29, 0.717) is 25.5 Å². The second kappa shape index (κ2) is 8.37. The van der Waals surface area contributed by atoms with Gasteiger partial charge in [0.1, 0.15) is 0 Å². The molecule has 0 amide bonds. The lowest BCUT2D eigenvalue weighted by Gasteiger charge is -2.13. The maximum absolute atomic E-state index is 11.2. The summed E-state index contributed by atoms with van der Waals surface area (Å²) >= 11 is 0. The van der Waals surface area contributed by atoms with Gasteiger partial charge in [-0.2, -0.15) is 0 Å². The SMILES string of the molecule is CCCNCc1cc(OCC)c(OCC)c([N+](=O)[O-])c1. The molecule has 0 aromatic heterocycles. The topological polar surface area (TPSA) is 73.6 Å². The second-order valence-corrected chi connectivity index (χ2v) is 4.24. The van der Waals surface area contributed by atoms with Crippen molar-refractivity contribution in [3.8, 4) is 11.5 Å². The number of nitrogens with zero attached hydrogens (tertiary/aromatic N) is 1. The normalized spacial score (nSPS) is 10.3. The van der Waals surface area contributed by atoms with Crippen LogP contribution in [0.4, 0.5) is 5.69 Å². The quantitative estimate of drug-likeness (QED) is 0.428. The van der Waals surface area contributed by atoms with E-state index in [4.69, 9.17) is 9.47 Å². The third kappa shape index (κ3) is 4.38. The Kier molecular flexibility index (Phi) is 6.79. The highest BCUT2D eigenvalue weighted by molar-refractivity contribution is 5.58. The van der Waals surface area contributed by atoms with Gasteiger partial charge in [0.2, 0.25) is 5.75 Å². The third-order valence-corrected chi connectivity index (χ3v) is 2.64. The Hall–Kier alpha value is -1.82. The third-order valence-electron chi connectivity index (χ3n) is 2.64. The number of hydrogen-bond donors (Lipinski definition) is 1. The molecule has 0 saturated carbocycles. The van der Waals surface area contributed by atoms with E-state index in [1.807, 2.05) is 6.92 Å². The average molecular weight is 282 g/mol. The molecule has 6 heteroatoms. The summed E-state index contributed by atoms with van der Waals surface area (Å²) < 4.78 is 10.8. The monoisotopic (exact) mass is 282 g/mol. The fraction of sp³-hybridized carbons (Fsp3) is 0.571. The molecular weight excluding hydrogens is 260 g/mol. The van der Waals surface area contributed by atoms with Crippen LogP contribution >= 0.6 is 0 Å². The largest absolute Gasteiger partial charge is 0.490 e. The van der Waals surface area contributed by atoms with Crippen LogP contribution in [0.3, 0.4) is 0 Å². The van der Waals surface area contributed by atoms with E-state index in [9.17, 15) is 10.1 Å². The smallest absolute Gasteiger partial charge is 0.315 e. The van der Waals surface area contributed by atoms with Gasteiger partial charge in [-0.05, 0) is 38.4 Å². The molecular formula is C14H22N2O4. The van der Waals surface area contributed by atoms with Gasteiger partial charge < -0.3 is 14.8 Å². The summed E-state index contributed by atoms with van der Waals surface area (Å²) in [5.74, 6) is 0.635. The molecule has 112 valence electrons. The summed E-state index contributed by atoms with van der Waals surface area (Å²) in [6.07, 6.45) is 1.01. The predicted molar refractivity (Wildman–Crippen MR) is 77.4 cm³/mol. The first-order valence-electron chi connectivity index (χ1n) is 6.91. The minimum absolute atomic E-state index is 0.0499. The number of ether oxygens (including phenoxy) is 2. The lowest BCUT2D eigenvalue weighted by Crippen LogP contribution is -2.14. The maximum atomic E-state index is 11.2. The number of nitro benzene ring substituents is 1. The first-order chi connectivity index (χ1) is 9.63. The number of hydrogen-bond acceptors (Lipinski definition) is 5. The molecule has 0 bridgehead atoms. The van der Waals surface area contributed by atoms with Crippen molar-refractivity contribution in [1.82, 2.24) is 5.32 Å². The van der Waals surface area contributed by atoms with Crippen LogP contribution in [0.2, 0.25) is 0 Å². The Bertz CT molecular complexity index is 449. The fourth-order valence-electron chi connectivity index (χ4n) is 1.84. The molecule has 0 saturated heterocycles. The van der Waals surface area contributed by atoms with E-state index >= 15 is 0 Å². The Labute approximate surface area is 119 Å². The van der Waals surface area contributed by atoms with Crippen LogP contribution in [-0.4, -0.2) is 24.7 Å². The molecule has 0 radical (unpaired) electrons. The standard InChI is InChI=1S/C14H22N2O4/c1-4-7-15-10-11-8-12(16(17)18)14(20-6-3)13(9-11)19-5-2/h8-9,15H,4-7,10H2,1-3H3. The number of nitro groups is 1. The summed E-state index contributed by atoms with van der Waals surface area (Å²) in [5, 5.41) is 14.4. The van der Waals surface area contributed by atoms with Crippen molar-refractivity contribution in [2.75, 3.05) is 19.8 Å². The van der Waals surface area contributed by atoms with Crippen LogP contribution in [0, 0.1) is 10.1 Å². The van der Waals surface area contributed by atoms with E-state index in [2.05, 4.69) is 12.2 Å². The predicted octanol–water partition coefficient (Wildman–Crippen LogP) is 2.89. The van der Waals surface area contributed by atoms with Crippen LogP contribution in [0.1, 0.15) is 32.8 Å².